The maximum Gasteiger partial charge on any atom is 0.132 e. The largest absolute Gasteiger partial charge is 0.319 e. The number of aryl methyl sites for hydroxylation is 1. The quantitative estimate of drug-likeness (QED) is 0.921. The molecule has 0 fully saturated rings. The molecule has 0 aliphatic carbocycles. The van der Waals surface area contributed by atoms with Crippen molar-refractivity contribution in [2.24, 2.45) is 0 Å². The Morgan fingerprint density at radius 2 is 1.95 bits per heavy atom. The highest BCUT2D eigenvalue weighted by atomic mass is 19.1. The summed E-state index contributed by atoms with van der Waals surface area (Å²) in [5.41, 5.74) is 1.31. The molecule has 2 aromatic rings. The zero-order chi connectivity index (χ0) is 13.8. The molecule has 0 saturated heterocycles. The number of aromatic nitrogens is 2. The molecular weight excluding hydrogens is 248 g/mol. The fourth-order valence-corrected chi connectivity index (χ4v) is 1.81. The van der Waals surface area contributed by atoms with Crippen molar-refractivity contribution in [2.45, 2.75) is 13.3 Å². The van der Waals surface area contributed by atoms with Gasteiger partial charge in [0.15, 0.2) is 0 Å². The molecule has 19 heavy (non-hydrogen) atoms. The Bertz CT molecular complexity index is 585. The lowest BCUT2D eigenvalue weighted by Gasteiger charge is -2.07. The molecular formula is C14H15F2N3. The molecule has 0 unspecified atom stereocenters. The molecule has 1 heterocycles. The van der Waals surface area contributed by atoms with Crippen LogP contribution in [0.5, 0.6) is 0 Å². The second-order valence-corrected chi connectivity index (χ2v) is 4.29. The van der Waals surface area contributed by atoms with Crippen molar-refractivity contribution in [3.63, 3.8) is 0 Å². The molecule has 2 rings (SSSR count). The number of likely N-dealkylation sites (N-methyl/N-ethyl adjacent to an activating group) is 1. The average molecular weight is 263 g/mol. The first-order valence-corrected chi connectivity index (χ1v) is 6.04. The van der Waals surface area contributed by atoms with E-state index in [1.165, 1.54) is 0 Å². The standard InChI is InChI=1S/C14H15F2N3/c1-9-7-13(19-14(18-9)5-6-17-2)11-8-10(15)3-4-12(11)16/h3-4,7-8,17H,5-6H2,1-2H3. The normalized spacial score (nSPS) is 10.7. The number of benzene rings is 1. The Hall–Kier alpha value is -1.88. The maximum absolute atomic E-state index is 13.7. The lowest BCUT2D eigenvalue weighted by Crippen LogP contribution is -2.13. The summed E-state index contributed by atoms with van der Waals surface area (Å²) in [5, 5.41) is 3.00. The van der Waals surface area contributed by atoms with Crippen molar-refractivity contribution in [1.82, 2.24) is 15.3 Å². The molecule has 0 bridgehead atoms. The number of halogens is 2. The Morgan fingerprint density at radius 3 is 2.68 bits per heavy atom. The third kappa shape index (κ3) is 3.32. The van der Waals surface area contributed by atoms with E-state index in [-0.39, 0.29) is 5.56 Å². The topological polar surface area (TPSA) is 37.8 Å². The van der Waals surface area contributed by atoms with E-state index in [4.69, 9.17) is 0 Å². The van der Waals surface area contributed by atoms with E-state index in [1.807, 2.05) is 14.0 Å². The van der Waals surface area contributed by atoms with Gasteiger partial charge in [-0.1, -0.05) is 0 Å². The first-order valence-electron chi connectivity index (χ1n) is 6.04. The molecule has 0 radical (unpaired) electrons. The van der Waals surface area contributed by atoms with Gasteiger partial charge in [0, 0.05) is 24.2 Å². The molecule has 0 aliphatic heterocycles. The Labute approximate surface area is 110 Å². The summed E-state index contributed by atoms with van der Waals surface area (Å²) in [4.78, 5) is 8.57. The molecule has 0 amide bonds. The number of hydrogen-bond acceptors (Lipinski definition) is 3. The Morgan fingerprint density at radius 1 is 1.16 bits per heavy atom. The molecule has 3 nitrogen and oxygen atoms in total. The second kappa shape index (κ2) is 5.84. The fraction of sp³-hybridized carbons (Fsp3) is 0.286. The van der Waals surface area contributed by atoms with Crippen LogP contribution in [-0.4, -0.2) is 23.6 Å². The molecule has 1 aromatic heterocycles. The van der Waals surface area contributed by atoms with Crippen LogP contribution in [0.2, 0.25) is 0 Å². The van der Waals surface area contributed by atoms with Crippen molar-refractivity contribution in [2.75, 3.05) is 13.6 Å². The summed E-state index contributed by atoms with van der Waals surface area (Å²) in [7, 11) is 1.84. The van der Waals surface area contributed by atoms with Crippen LogP contribution in [0, 0.1) is 18.6 Å². The molecule has 0 aliphatic rings. The van der Waals surface area contributed by atoms with Gasteiger partial charge in [0.2, 0.25) is 0 Å². The van der Waals surface area contributed by atoms with Gasteiger partial charge in [0.25, 0.3) is 0 Å². The van der Waals surface area contributed by atoms with Crippen molar-refractivity contribution < 1.29 is 8.78 Å². The molecule has 5 heteroatoms. The second-order valence-electron chi connectivity index (χ2n) is 4.29. The highest BCUT2D eigenvalue weighted by molar-refractivity contribution is 5.60. The van der Waals surface area contributed by atoms with Crippen LogP contribution in [0.25, 0.3) is 11.3 Å². The van der Waals surface area contributed by atoms with Gasteiger partial charge >= 0.3 is 0 Å². The summed E-state index contributed by atoms with van der Waals surface area (Å²) < 4.78 is 26.9. The minimum Gasteiger partial charge on any atom is -0.319 e. The zero-order valence-corrected chi connectivity index (χ0v) is 10.9. The lowest BCUT2D eigenvalue weighted by atomic mass is 10.1. The first kappa shape index (κ1) is 13.5. The third-order valence-electron chi connectivity index (χ3n) is 2.70. The molecule has 1 N–H and O–H groups in total. The van der Waals surface area contributed by atoms with Crippen molar-refractivity contribution in [3.8, 4) is 11.3 Å². The zero-order valence-electron chi connectivity index (χ0n) is 10.9. The SMILES string of the molecule is CNCCc1nc(C)cc(-c2cc(F)ccc2F)n1. The van der Waals surface area contributed by atoms with Crippen LogP contribution >= 0.6 is 0 Å². The molecule has 1 aromatic carbocycles. The van der Waals surface area contributed by atoms with Crippen LogP contribution in [0.15, 0.2) is 24.3 Å². The van der Waals surface area contributed by atoms with Crippen LogP contribution in [0.1, 0.15) is 11.5 Å². The third-order valence-corrected chi connectivity index (χ3v) is 2.70. The predicted molar refractivity (Wildman–Crippen MR) is 69.8 cm³/mol. The van der Waals surface area contributed by atoms with E-state index in [1.54, 1.807) is 6.07 Å². The number of rotatable bonds is 4. The van der Waals surface area contributed by atoms with Gasteiger partial charge in [0.1, 0.15) is 17.5 Å². The van der Waals surface area contributed by atoms with Gasteiger partial charge in [0.05, 0.1) is 5.69 Å². The molecule has 100 valence electrons. The Kier molecular flexibility index (Phi) is 4.16. The smallest absolute Gasteiger partial charge is 0.132 e. The summed E-state index contributed by atoms with van der Waals surface area (Å²) in [6.07, 6.45) is 0.641. The van der Waals surface area contributed by atoms with E-state index >= 15 is 0 Å². The van der Waals surface area contributed by atoms with Gasteiger partial charge < -0.3 is 5.32 Å². The molecule has 0 spiro atoms. The van der Waals surface area contributed by atoms with E-state index < -0.39 is 11.6 Å². The first-order chi connectivity index (χ1) is 9.10. The number of nitrogens with zero attached hydrogens (tertiary/aromatic N) is 2. The van der Waals surface area contributed by atoms with Crippen LogP contribution in [-0.2, 0) is 6.42 Å². The van der Waals surface area contributed by atoms with Gasteiger partial charge in [-0.3, -0.25) is 0 Å². The predicted octanol–water partition coefficient (Wildman–Crippen LogP) is 2.49. The number of hydrogen-bond donors (Lipinski definition) is 1. The maximum atomic E-state index is 13.7. The summed E-state index contributed by atoms with van der Waals surface area (Å²) in [5.74, 6) is -0.350. The van der Waals surface area contributed by atoms with E-state index in [9.17, 15) is 8.78 Å². The van der Waals surface area contributed by atoms with Crippen molar-refractivity contribution in [1.29, 1.82) is 0 Å². The minimum atomic E-state index is -0.487. The summed E-state index contributed by atoms with van der Waals surface area (Å²) >= 11 is 0. The van der Waals surface area contributed by atoms with Crippen LogP contribution < -0.4 is 5.32 Å². The Balaban J connectivity index is 2.43. The van der Waals surface area contributed by atoms with Crippen molar-refractivity contribution in [3.05, 3.63) is 47.4 Å². The highest BCUT2D eigenvalue weighted by Crippen LogP contribution is 2.22. The number of nitrogens with one attached hydrogen (secondary N) is 1. The van der Waals surface area contributed by atoms with E-state index in [2.05, 4.69) is 15.3 Å². The lowest BCUT2D eigenvalue weighted by molar-refractivity contribution is 0.602. The summed E-state index contributed by atoms with van der Waals surface area (Å²) in [6, 6.07) is 5.00. The van der Waals surface area contributed by atoms with Gasteiger partial charge in [-0.05, 0) is 38.2 Å². The van der Waals surface area contributed by atoms with Crippen LogP contribution in [0.4, 0.5) is 8.78 Å². The van der Waals surface area contributed by atoms with E-state index in [0.717, 1.165) is 30.4 Å². The van der Waals surface area contributed by atoms with Crippen molar-refractivity contribution >= 4 is 0 Å². The highest BCUT2D eigenvalue weighted by Gasteiger charge is 2.10. The van der Waals surface area contributed by atoms with Crippen LogP contribution in [0.3, 0.4) is 0 Å². The molecule has 0 saturated carbocycles. The van der Waals surface area contributed by atoms with E-state index in [0.29, 0.717) is 17.9 Å². The minimum absolute atomic E-state index is 0.163. The fourth-order valence-electron chi connectivity index (χ4n) is 1.81. The monoisotopic (exact) mass is 263 g/mol. The van der Waals surface area contributed by atoms with Gasteiger partial charge in [-0.15, -0.1) is 0 Å². The van der Waals surface area contributed by atoms with Gasteiger partial charge in [-0.25, -0.2) is 18.7 Å². The molecule has 0 atom stereocenters. The van der Waals surface area contributed by atoms with Gasteiger partial charge in [-0.2, -0.15) is 0 Å². The average Bonchev–Trinajstić information content (AvgIpc) is 2.38. The summed E-state index contributed by atoms with van der Waals surface area (Å²) in [6.45, 7) is 2.54.